The van der Waals surface area contributed by atoms with Gasteiger partial charge in [-0.2, -0.15) is 0 Å². The Hall–Kier alpha value is -1.83. The van der Waals surface area contributed by atoms with Gasteiger partial charge in [0.05, 0.1) is 17.7 Å². The van der Waals surface area contributed by atoms with Crippen molar-refractivity contribution in [3.05, 3.63) is 28.8 Å². The van der Waals surface area contributed by atoms with Crippen molar-refractivity contribution in [2.24, 2.45) is 0 Å². The molecule has 3 rings (SSSR count). The van der Waals surface area contributed by atoms with Gasteiger partial charge in [-0.25, -0.2) is 9.59 Å². The molecule has 2 N–H and O–H groups in total. The first kappa shape index (κ1) is 18.0. The number of halogens is 1. The minimum atomic E-state index is -0.536. The van der Waals surface area contributed by atoms with Crippen molar-refractivity contribution < 1.29 is 14.3 Å². The second-order valence-corrected chi connectivity index (χ2v) is 7.04. The number of nitrogens with zero attached hydrogens (tertiary/aromatic N) is 2. The zero-order chi connectivity index (χ0) is 18.0. The van der Waals surface area contributed by atoms with E-state index in [0.29, 0.717) is 11.7 Å². The lowest BCUT2D eigenvalue weighted by atomic mass is 10.1. The highest BCUT2D eigenvalue weighted by atomic mass is 35.5. The molecule has 0 saturated carbocycles. The lowest BCUT2D eigenvalue weighted by Gasteiger charge is -2.34. The number of anilines is 1. The fourth-order valence-electron chi connectivity index (χ4n) is 3.52. The molecule has 0 radical (unpaired) electrons. The third-order valence-electron chi connectivity index (χ3n) is 4.78. The lowest BCUT2D eigenvalue weighted by Crippen LogP contribution is -2.48. The maximum atomic E-state index is 12.3. The Balaban J connectivity index is 1.57. The summed E-state index contributed by atoms with van der Waals surface area (Å²) in [6, 6.07) is 5.09. The van der Waals surface area contributed by atoms with Crippen LogP contribution in [0, 0.1) is 0 Å². The van der Waals surface area contributed by atoms with Crippen LogP contribution < -0.4 is 10.6 Å². The Morgan fingerprint density at radius 1 is 1.28 bits per heavy atom. The molecule has 25 heavy (non-hydrogen) atoms. The molecule has 7 nitrogen and oxygen atoms in total. The highest BCUT2D eigenvalue weighted by Crippen LogP contribution is 2.23. The molecule has 2 heterocycles. The van der Waals surface area contributed by atoms with Crippen LogP contribution in [0.5, 0.6) is 0 Å². The van der Waals surface area contributed by atoms with E-state index in [-0.39, 0.29) is 22.7 Å². The van der Waals surface area contributed by atoms with Crippen molar-refractivity contribution in [1.29, 1.82) is 0 Å². The van der Waals surface area contributed by atoms with Crippen molar-refractivity contribution in [3.63, 3.8) is 0 Å². The van der Waals surface area contributed by atoms with Crippen LogP contribution >= 0.6 is 11.6 Å². The summed E-state index contributed by atoms with van der Waals surface area (Å²) in [5.41, 5.74) is 0.723. The fraction of sp³-hybridized carbons (Fsp3) is 0.529. The van der Waals surface area contributed by atoms with Gasteiger partial charge in [-0.15, -0.1) is 0 Å². The summed E-state index contributed by atoms with van der Waals surface area (Å²) in [4.78, 5) is 28.7. The summed E-state index contributed by atoms with van der Waals surface area (Å²) in [6.45, 7) is 4.02. The summed E-state index contributed by atoms with van der Waals surface area (Å²) in [6.07, 6.45) is 0.950. The van der Waals surface area contributed by atoms with Gasteiger partial charge in [-0.1, -0.05) is 11.6 Å². The average molecular weight is 367 g/mol. The van der Waals surface area contributed by atoms with Crippen molar-refractivity contribution in [3.8, 4) is 0 Å². The van der Waals surface area contributed by atoms with Gasteiger partial charge in [-0.3, -0.25) is 4.90 Å². The van der Waals surface area contributed by atoms with E-state index >= 15 is 0 Å². The van der Waals surface area contributed by atoms with Crippen LogP contribution in [-0.2, 0) is 4.74 Å². The number of amides is 2. The molecule has 2 fully saturated rings. The standard InChI is InChI=1S/C17H23ClN4O3/c1-21-5-6-22-9-12(7-13(22)10-21)20-17(24)19-11-3-4-15(18)14(8-11)16(23)25-2/h3-4,8,12-13H,5-7,9-10H2,1-2H3,(H2,19,20,24). The quantitative estimate of drug-likeness (QED) is 0.795. The van der Waals surface area contributed by atoms with Crippen molar-refractivity contribution in [1.82, 2.24) is 15.1 Å². The van der Waals surface area contributed by atoms with E-state index in [2.05, 4.69) is 32.2 Å². The van der Waals surface area contributed by atoms with E-state index in [1.165, 1.54) is 13.2 Å². The second-order valence-electron chi connectivity index (χ2n) is 6.63. The van der Waals surface area contributed by atoms with Crippen LogP contribution in [0.3, 0.4) is 0 Å². The van der Waals surface area contributed by atoms with Gasteiger partial charge in [0, 0.05) is 44.0 Å². The van der Waals surface area contributed by atoms with Gasteiger partial charge in [0.15, 0.2) is 0 Å². The van der Waals surface area contributed by atoms with E-state index in [1.807, 2.05) is 0 Å². The number of esters is 1. The molecule has 0 aliphatic carbocycles. The molecule has 2 aliphatic rings. The number of rotatable bonds is 3. The Bertz CT molecular complexity index is 669. The minimum Gasteiger partial charge on any atom is -0.465 e. The number of carbonyl (C=O) groups is 2. The molecule has 0 spiro atoms. The lowest BCUT2D eigenvalue weighted by molar-refractivity contribution is 0.0601. The van der Waals surface area contributed by atoms with Crippen molar-refractivity contribution in [2.75, 3.05) is 45.7 Å². The van der Waals surface area contributed by atoms with Crippen LogP contribution in [0.15, 0.2) is 18.2 Å². The molecule has 2 saturated heterocycles. The second kappa shape index (κ2) is 7.59. The Morgan fingerprint density at radius 3 is 2.84 bits per heavy atom. The van der Waals surface area contributed by atoms with Crippen LogP contribution in [-0.4, -0.2) is 74.2 Å². The first-order chi connectivity index (χ1) is 12.0. The topological polar surface area (TPSA) is 73.9 Å². The molecule has 2 amide bonds. The number of nitrogens with one attached hydrogen (secondary N) is 2. The first-order valence-electron chi connectivity index (χ1n) is 8.34. The predicted molar refractivity (Wildman–Crippen MR) is 96.2 cm³/mol. The van der Waals surface area contributed by atoms with E-state index in [4.69, 9.17) is 11.6 Å². The van der Waals surface area contributed by atoms with Gasteiger partial charge in [0.2, 0.25) is 0 Å². The monoisotopic (exact) mass is 366 g/mol. The molecule has 136 valence electrons. The Kier molecular flexibility index (Phi) is 5.46. The summed E-state index contributed by atoms with van der Waals surface area (Å²) in [7, 11) is 3.42. The third-order valence-corrected chi connectivity index (χ3v) is 5.11. The first-order valence-corrected chi connectivity index (χ1v) is 8.72. The van der Waals surface area contributed by atoms with E-state index in [1.54, 1.807) is 12.1 Å². The number of hydrogen-bond acceptors (Lipinski definition) is 5. The largest absolute Gasteiger partial charge is 0.465 e. The summed E-state index contributed by atoms with van der Waals surface area (Å²) >= 11 is 5.99. The molecule has 0 bridgehead atoms. The molecule has 8 heteroatoms. The zero-order valence-corrected chi connectivity index (χ0v) is 15.2. The fourth-order valence-corrected chi connectivity index (χ4v) is 3.72. The van der Waals surface area contributed by atoms with Gasteiger partial charge in [0.1, 0.15) is 0 Å². The van der Waals surface area contributed by atoms with Gasteiger partial charge in [0.25, 0.3) is 0 Å². The van der Waals surface area contributed by atoms with Crippen LogP contribution in [0.2, 0.25) is 5.02 Å². The molecule has 2 aliphatic heterocycles. The smallest absolute Gasteiger partial charge is 0.339 e. The number of urea groups is 1. The number of hydrogen-bond donors (Lipinski definition) is 2. The highest BCUT2D eigenvalue weighted by molar-refractivity contribution is 6.33. The maximum absolute atomic E-state index is 12.3. The summed E-state index contributed by atoms with van der Waals surface area (Å²) in [5, 5.41) is 6.06. The number of likely N-dealkylation sites (N-methyl/N-ethyl adjacent to an activating group) is 1. The summed E-state index contributed by atoms with van der Waals surface area (Å²) < 4.78 is 4.69. The Labute approximate surface area is 152 Å². The van der Waals surface area contributed by atoms with Crippen LogP contribution in [0.1, 0.15) is 16.8 Å². The molecule has 1 aromatic carbocycles. The molecular weight excluding hydrogens is 344 g/mol. The number of ether oxygens (including phenoxy) is 1. The minimum absolute atomic E-state index is 0.129. The molecule has 0 aromatic heterocycles. The third kappa shape index (κ3) is 4.23. The number of carbonyl (C=O) groups excluding carboxylic acids is 2. The average Bonchev–Trinajstić information content (AvgIpc) is 2.96. The van der Waals surface area contributed by atoms with E-state index in [0.717, 1.165) is 32.6 Å². The SMILES string of the molecule is COC(=O)c1cc(NC(=O)NC2CC3CN(C)CCN3C2)ccc1Cl. The highest BCUT2D eigenvalue weighted by Gasteiger charge is 2.35. The van der Waals surface area contributed by atoms with Gasteiger partial charge >= 0.3 is 12.0 Å². The normalized spacial score (nSPS) is 23.8. The number of piperazine rings is 1. The summed E-state index contributed by atoms with van der Waals surface area (Å²) in [5.74, 6) is -0.536. The molecule has 2 atom stereocenters. The van der Waals surface area contributed by atoms with Crippen molar-refractivity contribution in [2.45, 2.75) is 18.5 Å². The zero-order valence-electron chi connectivity index (χ0n) is 14.4. The van der Waals surface area contributed by atoms with Gasteiger partial charge < -0.3 is 20.3 Å². The Morgan fingerprint density at radius 2 is 2.08 bits per heavy atom. The van der Waals surface area contributed by atoms with Crippen LogP contribution in [0.25, 0.3) is 0 Å². The molecular formula is C17H23ClN4O3. The van der Waals surface area contributed by atoms with E-state index in [9.17, 15) is 9.59 Å². The van der Waals surface area contributed by atoms with Gasteiger partial charge in [-0.05, 0) is 31.7 Å². The van der Waals surface area contributed by atoms with Crippen LogP contribution in [0.4, 0.5) is 10.5 Å². The predicted octanol–water partition coefficient (Wildman–Crippen LogP) is 1.64. The van der Waals surface area contributed by atoms with E-state index < -0.39 is 5.97 Å². The van der Waals surface area contributed by atoms with Crippen molar-refractivity contribution >= 4 is 29.3 Å². The molecule has 2 unspecified atom stereocenters. The molecule has 1 aromatic rings. The number of methoxy groups -OCH3 is 1. The maximum Gasteiger partial charge on any atom is 0.339 e. The number of benzene rings is 1. The number of fused-ring (bicyclic) bond motifs is 1.